The summed E-state index contributed by atoms with van der Waals surface area (Å²) in [5.41, 5.74) is 0.954. The predicted octanol–water partition coefficient (Wildman–Crippen LogP) is 3.68. The molecule has 21 heavy (non-hydrogen) atoms. The number of guanidine groups is 1. The molecule has 120 valence electrons. The summed E-state index contributed by atoms with van der Waals surface area (Å²) in [4.78, 5) is 4.62. The topological polar surface area (TPSA) is 36.4 Å². The minimum atomic E-state index is -0.206. The highest BCUT2D eigenvalue weighted by Gasteiger charge is 2.20. The van der Waals surface area contributed by atoms with Gasteiger partial charge in [0.25, 0.3) is 0 Å². The van der Waals surface area contributed by atoms with Crippen molar-refractivity contribution >= 4 is 29.9 Å². The van der Waals surface area contributed by atoms with Crippen LogP contribution in [0.25, 0.3) is 0 Å². The number of aliphatic imine (C=N–C) groups is 1. The van der Waals surface area contributed by atoms with E-state index < -0.39 is 0 Å². The summed E-state index contributed by atoms with van der Waals surface area (Å²) in [7, 11) is 0. The van der Waals surface area contributed by atoms with E-state index in [2.05, 4.69) is 43.3 Å². The van der Waals surface area contributed by atoms with Gasteiger partial charge in [0.05, 0.1) is 6.54 Å². The summed E-state index contributed by atoms with van der Waals surface area (Å²) < 4.78 is 13.0. The van der Waals surface area contributed by atoms with Crippen LogP contribution in [0.3, 0.4) is 0 Å². The van der Waals surface area contributed by atoms with Crippen molar-refractivity contribution in [2.45, 2.75) is 46.1 Å². The van der Waals surface area contributed by atoms with Crippen LogP contribution in [0.15, 0.2) is 29.3 Å². The van der Waals surface area contributed by atoms with Gasteiger partial charge in [-0.25, -0.2) is 4.39 Å². The first kappa shape index (κ1) is 20.1. The minimum Gasteiger partial charge on any atom is -0.357 e. The Bertz CT molecular complexity index is 441. The molecule has 1 rings (SSSR count). The van der Waals surface area contributed by atoms with E-state index in [1.807, 2.05) is 19.1 Å². The third-order valence-corrected chi connectivity index (χ3v) is 3.03. The fraction of sp³-hybridized carbons (Fsp3) is 0.562. The molecule has 3 nitrogen and oxygen atoms in total. The molecule has 0 saturated heterocycles. The van der Waals surface area contributed by atoms with Crippen LogP contribution in [-0.4, -0.2) is 25.1 Å². The molecule has 0 aliphatic carbocycles. The van der Waals surface area contributed by atoms with Crippen LogP contribution in [0.1, 0.15) is 40.2 Å². The fourth-order valence-corrected chi connectivity index (χ4v) is 1.86. The summed E-state index contributed by atoms with van der Waals surface area (Å²) in [5, 5.41) is 6.52. The van der Waals surface area contributed by atoms with Crippen molar-refractivity contribution in [3.05, 3.63) is 35.6 Å². The highest BCUT2D eigenvalue weighted by molar-refractivity contribution is 14.0. The van der Waals surface area contributed by atoms with Crippen molar-refractivity contribution in [3.63, 3.8) is 0 Å². The van der Waals surface area contributed by atoms with Crippen LogP contribution in [0.4, 0.5) is 4.39 Å². The maximum absolute atomic E-state index is 13.0. The van der Waals surface area contributed by atoms with E-state index in [4.69, 9.17) is 0 Å². The van der Waals surface area contributed by atoms with Gasteiger partial charge in [0.1, 0.15) is 5.82 Å². The third-order valence-electron chi connectivity index (χ3n) is 3.03. The zero-order chi connectivity index (χ0) is 15.2. The van der Waals surface area contributed by atoms with Gasteiger partial charge >= 0.3 is 0 Å². The first-order chi connectivity index (χ1) is 9.35. The number of hydrogen-bond donors (Lipinski definition) is 2. The van der Waals surface area contributed by atoms with Crippen molar-refractivity contribution in [1.29, 1.82) is 0 Å². The van der Waals surface area contributed by atoms with E-state index in [1.54, 1.807) is 0 Å². The predicted molar refractivity (Wildman–Crippen MR) is 99.1 cm³/mol. The molecule has 0 bridgehead atoms. The second-order valence-corrected chi connectivity index (χ2v) is 5.88. The Hall–Kier alpha value is -0.850. The Kier molecular flexibility index (Phi) is 8.85. The van der Waals surface area contributed by atoms with E-state index in [9.17, 15) is 4.39 Å². The molecule has 0 saturated carbocycles. The summed E-state index contributed by atoms with van der Waals surface area (Å²) in [5.74, 6) is 0.612. The van der Waals surface area contributed by atoms with Crippen LogP contribution in [0.2, 0.25) is 0 Å². The van der Waals surface area contributed by atoms with Crippen LogP contribution in [0.5, 0.6) is 0 Å². The van der Waals surface area contributed by atoms with Crippen molar-refractivity contribution in [2.75, 3.05) is 13.1 Å². The van der Waals surface area contributed by atoms with Gasteiger partial charge in [-0.3, -0.25) is 4.99 Å². The number of halogens is 2. The maximum atomic E-state index is 13.0. The molecule has 0 unspecified atom stereocenters. The second-order valence-electron chi connectivity index (χ2n) is 5.88. The van der Waals surface area contributed by atoms with Gasteiger partial charge in [-0.15, -0.1) is 24.0 Å². The van der Waals surface area contributed by atoms with Crippen LogP contribution in [0, 0.1) is 5.82 Å². The molecule has 0 fully saturated rings. The molecule has 0 aliphatic rings. The lowest BCUT2D eigenvalue weighted by Gasteiger charge is -2.24. The molecule has 5 heteroatoms. The standard InChI is InChI=1S/C16H26FN3.HI/c1-6-18-15(20-12(2)3)19-11-16(4,5)13-7-9-14(17)10-8-13;/h7-10,12H,6,11H2,1-5H3,(H2,18,19,20);1H. The number of nitrogens with one attached hydrogen (secondary N) is 2. The molecule has 0 aromatic heterocycles. The zero-order valence-electron chi connectivity index (χ0n) is 13.5. The van der Waals surface area contributed by atoms with Gasteiger partial charge in [-0.05, 0) is 38.5 Å². The van der Waals surface area contributed by atoms with Crippen LogP contribution in [-0.2, 0) is 5.41 Å². The second kappa shape index (κ2) is 9.23. The molecule has 0 aliphatic heterocycles. The molecule has 1 aromatic rings. The lowest BCUT2D eigenvalue weighted by atomic mass is 9.85. The Labute approximate surface area is 144 Å². The largest absolute Gasteiger partial charge is 0.357 e. The average Bonchev–Trinajstić information content (AvgIpc) is 2.36. The van der Waals surface area contributed by atoms with Crippen LogP contribution >= 0.6 is 24.0 Å². The van der Waals surface area contributed by atoms with Gasteiger partial charge in [0, 0.05) is 18.0 Å². The van der Waals surface area contributed by atoms with Crippen molar-refractivity contribution in [2.24, 2.45) is 4.99 Å². The van der Waals surface area contributed by atoms with Crippen molar-refractivity contribution in [3.8, 4) is 0 Å². The average molecular weight is 407 g/mol. The molecular formula is C16H27FIN3. The van der Waals surface area contributed by atoms with E-state index in [-0.39, 0.29) is 35.2 Å². The number of nitrogens with zero attached hydrogens (tertiary/aromatic N) is 1. The van der Waals surface area contributed by atoms with E-state index in [1.165, 1.54) is 12.1 Å². The smallest absolute Gasteiger partial charge is 0.191 e. The van der Waals surface area contributed by atoms with Gasteiger partial charge in [0.2, 0.25) is 0 Å². The van der Waals surface area contributed by atoms with E-state index in [0.29, 0.717) is 12.6 Å². The summed E-state index contributed by atoms with van der Waals surface area (Å²) in [6, 6.07) is 6.99. The molecule has 0 atom stereocenters. The monoisotopic (exact) mass is 407 g/mol. The molecule has 1 aromatic carbocycles. The van der Waals surface area contributed by atoms with Gasteiger partial charge < -0.3 is 10.6 Å². The quantitative estimate of drug-likeness (QED) is 0.444. The Balaban J connectivity index is 0.00000400. The number of rotatable bonds is 5. The lowest BCUT2D eigenvalue weighted by molar-refractivity contribution is 0.533. The Morgan fingerprint density at radius 2 is 1.81 bits per heavy atom. The maximum Gasteiger partial charge on any atom is 0.191 e. The Morgan fingerprint density at radius 1 is 1.24 bits per heavy atom. The summed E-state index contributed by atoms with van der Waals surface area (Å²) in [6.07, 6.45) is 0. The summed E-state index contributed by atoms with van der Waals surface area (Å²) >= 11 is 0. The lowest BCUT2D eigenvalue weighted by Crippen LogP contribution is -2.41. The normalized spacial score (nSPS) is 12.0. The van der Waals surface area contributed by atoms with Crippen molar-refractivity contribution in [1.82, 2.24) is 10.6 Å². The molecule has 0 radical (unpaired) electrons. The van der Waals surface area contributed by atoms with Gasteiger partial charge in [-0.2, -0.15) is 0 Å². The van der Waals surface area contributed by atoms with Gasteiger partial charge in [-0.1, -0.05) is 26.0 Å². The summed E-state index contributed by atoms with van der Waals surface area (Å²) in [6.45, 7) is 11.9. The Morgan fingerprint density at radius 3 is 2.29 bits per heavy atom. The highest BCUT2D eigenvalue weighted by atomic mass is 127. The fourth-order valence-electron chi connectivity index (χ4n) is 1.86. The third kappa shape index (κ3) is 7.11. The molecule has 2 N–H and O–H groups in total. The number of hydrogen-bond acceptors (Lipinski definition) is 1. The minimum absolute atomic E-state index is 0. The van der Waals surface area contributed by atoms with E-state index >= 15 is 0 Å². The first-order valence-electron chi connectivity index (χ1n) is 7.16. The molecular weight excluding hydrogens is 380 g/mol. The molecule has 0 heterocycles. The number of benzene rings is 1. The van der Waals surface area contributed by atoms with Gasteiger partial charge in [0.15, 0.2) is 5.96 Å². The SMILES string of the molecule is CCNC(=NCC(C)(C)c1ccc(F)cc1)NC(C)C.I. The van der Waals surface area contributed by atoms with E-state index in [0.717, 1.165) is 18.1 Å². The zero-order valence-corrected chi connectivity index (χ0v) is 15.9. The molecule has 0 spiro atoms. The molecule has 0 amide bonds. The highest BCUT2D eigenvalue weighted by Crippen LogP contribution is 2.23. The van der Waals surface area contributed by atoms with Crippen molar-refractivity contribution < 1.29 is 4.39 Å². The first-order valence-corrected chi connectivity index (χ1v) is 7.16. The van der Waals surface area contributed by atoms with Crippen LogP contribution < -0.4 is 10.6 Å².